The van der Waals surface area contributed by atoms with Crippen LogP contribution in [0.5, 0.6) is 0 Å². The normalized spacial score (nSPS) is 11.5. The van der Waals surface area contributed by atoms with Crippen molar-refractivity contribution in [2.75, 3.05) is 11.6 Å². The number of thioether (sulfide) groups is 1. The number of amides is 1. The van der Waals surface area contributed by atoms with E-state index in [1.54, 1.807) is 24.0 Å². The van der Waals surface area contributed by atoms with E-state index in [0.29, 0.717) is 16.8 Å². The summed E-state index contributed by atoms with van der Waals surface area (Å²) in [4.78, 5) is 18.1. The molecule has 1 aromatic heterocycles. The van der Waals surface area contributed by atoms with Crippen molar-refractivity contribution in [3.8, 4) is 0 Å². The molecular formula is C20H20N2OS. The third-order valence-corrected chi connectivity index (χ3v) is 4.09. The van der Waals surface area contributed by atoms with E-state index in [4.69, 9.17) is 0 Å². The average molecular weight is 336 g/mol. The van der Waals surface area contributed by atoms with Crippen molar-refractivity contribution in [3.63, 3.8) is 0 Å². The van der Waals surface area contributed by atoms with Gasteiger partial charge in [-0.15, -0.1) is 11.8 Å². The van der Waals surface area contributed by atoms with E-state index in [9.17, 15) is 4.79 Å². The number of hydrogen-bond donors (Lipinski definition) is 1. The van der Waals surface area contributed by atoms with Crippen LogP contribution >= 0.6 is 11.8 Å². The maximum atomic E-state index is 12.7. The van der Waals surface area contributed by atoms with Crippen LogP contribution in [0.1, 0.15) is 12.6 Å². The molecule has 1 N–H and O–H groups in total. The molecule has 2 aromatic rings. The molecule has 1 aromatic carbocycles. The molecule has 0 saturated heterocycles. The highest BCUT2D eigenvalue weighted by Gasteiger charge is 2.15. The van der Waals surface area contributed by atoms with Gasteiger partial charge in [0.15, 0.2) is 0 Å². The number of nitrogens with zero attached hydrogens (tertiary/aromatic N) is 1. The Morgan fingerprint density at radius 1 is 1.21 bits per heavy atom. The Morgan fingerprint density at radius 2 is 1.96 bits per heavy atom. The van der Waals surface area contributed by atoms with Gasteiger partial charge in [-0.2, -0.15) is 0 Å². The van der Waals surface area contributed by atoms with Gasteiger partial charge >= 0.3 is 0 Å². The zero-order chi connectivity index (χ0) is 17.4. The lowest BCUT2D eigenvalue weighted by molar-refractivity contribution is -0.112. The number of anilines is 1. The molecule has 0 aliphatic rings. The Labute approximate surface area is 147 Å². The van der Waals surface area contributed by atoms with Crippen molar-refractivity contribution in [1.82, 2.24) is 4.98 Å². The minimum Gasteiger partial charge on any atom is -0.322 e. The number of carbonyl (C=O) groups is 1. The quantitative estimate of drug-likeness (QED) is 0.461. The maximum absolute atomic E-state index is 12.7. The van der Waals surface area contributed by atoms with Crippen molar-refractivity contribution in [3.05, 3.63) is 84.7 Å². The molecule has 0 aliphatic carbocycles. The molecule has 122 valence electrons. The molecular weight excluding hydrogens is 316 g/mol. The average Bonchev–Trinajstić information content (AvgIpc) is 2.63. The summed E-state index contributed by atoms with van der Waals surface area (Å²) in [5, 5.41) is 2.91. The van der Waals surface area contributed by atoms with E-state index in [0.717, 1.165) is 10.6 Å². The van der Waals surface area contributed by atoms with Crippen LogP contribution in [0.4, 0.5) is 5.69 Å². The van der Waals surface area contributed by atoms with Crippen molar-refractivity contribution in [1.29, 1.82) is 0 Å². The highest BCUT2D eigenvalue weighted by Crippen LogP contribution is 2.22. The molecule has 24 heavy (non-hydrogen) atoms. The lowest BCUT2D eigenvalue weighted by atomic mass is 10.0. The first-order valence-electron chi connectivity index (χ1n) is 7.54. The second-order valence-electron chi connectivity index (χ2n) is 4.98. The Balaban J connectivity index is 2.23. The standard InChI is InChI=1S/C20H20N2OS/c1-4-5-8-18(15(2)19-9-6-7-14-21-19)20(23)22-16-10-12-17(24-3)13-11-16/h4-14H,2H2,1,3H3,(H,22,23)/b5-4-,18-8+. The van der Waals surface area contributed by atoms with Crippen LogP contribution in [0.3, 0.4) is 0 Å². The fourth-order valence-corrected chi connectivity index (χ4v) is 2.47. The van der Waals surface area contributed by atoms with Gasteiger partial charge in [0, 0.05) is 27.9 Å². The first kappa shape index (κ1) is 17.8. The van der Waals surface area contributed by atoms with Crippen molar-refractivity contribution < 1.29 is 4.79 Å². The molecule has 0 fully saturated rings. The van der Waals surface area contributed by atoms with E-state index in [2.05, 4.69) is 16.9 Å². The molecule has 0 saturated carbocycles. The lowest BCUT2D eigenvalue weighted by Crippen LogP contribution is -2.15. The Kier molecular flexibility index (Phi) is 6.58. The molecule has 4 heteroatoms. The Bertz CT molecular complexity index is 762. The zero-order valence-electron chi connectivity index (χ0n) is 13.8. The van der Waals surface area contributed by atoms with Gasteiger partial charge in [0.05, 0.1) is 5.69 Å². The van der Waals surface area contributed by atoms with E-state index in [1.165, 1.54) is 0 Å². The summed E-state index contributed by atoms with van der Waals surface area (Å²) in [5.41, 5.74) is 2.51. The summed E-state index contributed by atoms with van der Waals surface area (Å²) >= 11 is 1.66. The number of hydrogen-bond acceptors (Lipinski definition) is 3. The van der Waals surface area contributed by atoms with Gasteiger partial charge in [-0.05, 0) is 55.7 Å². The SMILES string of the molecule is C=C(/C(=C\C=C/C)C(=O)Nc1ccc(SC)cc1)c1ccccn1. The molecule has 0 unspecified atom stereocenters. The van der Waals surface area contributed by atoms with Gasteiger partial charge in [0.25, 0.3) is 5.91 Å². The highest BCUT2D eigenvalue weighted by atomic mass is 32.2. The van der Waals surface area contributed by atoms with Crippen LogP contribution < -0.4 is 5.32 Å². The third-order valence-electron chi connectivity index (χ3n) is 3.35. The van der Waals surface area contributed by atoms with Crippen LogP contribution in [0.25, 0.3) is 5.57 Å². The number of rotatable bonds is 6. The van der Waals surface area contributed by atoms with Gasteiger partial charge in [-0.25, -0.2) is 0 Å². The number of carbonyl (C=O) groups excluding carboxylic acids is 1. The second kappa shape index (κ2) is 8.89. The minimum atomic E-state index is -0.208. The van der Waals surface area contributed by atoms with Gasteiger partial charge in [0.2, 0.25) is 0 Å². The number of allylic oxidation sites excluding steroid dienone is 3. The van der Waals surface area contributed by atoms with Crippen LogP contribution in [0, 0.1) is 0 Å². The molecule has 0 atom stereocenters. The number of nitrogens with one attached hydrogen (secondary N) is 1. The predicted octanol–water partition coefficient (Wildman–Crippen LogP) is 4.96. The summed E-state index contributed by atoms with van der Waals surface area (Å²) in [6.45, 7) is 5.94. The minimum absolute atomic E-state index is 0.208. The van der Waals surface area contributed by atoms with Crippen molar-refractivity contribution >= 4 is 28.9 Å². The van der Waals surface area contributed by atoms with Gasteiger partial charge < -0.3 is 5.32 Å². The van der Waals surface area contributed by atoms with Gasteiger partial charge in [-0.3, -0.25) is 9.78 Å². The summed E-state index contributed by atoms with van der Waals surface area (Å²) in [5.74, 6) is -0.208. The molecule has 0 bridgehead atoms. The third kappa shape index (κ3) is 4.70. The molecule has 0 radical (unpaired) electrons. The molecule has 1 heterocycles. The van der Waals surface area contributed by atoms with E-state index < -0.39 is 0 Å². The maximum Gasteiger partial charge on any atom is 0.256 e. The molecule has 3 nitrogen and oxygen atoms in total. The van der Waals surface area contributed by atoms with E-state index >= 15 is 0 Å². The molecule has 1 amide bonds. The highest BCUT2D eigenvalue weighted by molar-refractivity contribution is 7.98. The van der Waals surface area contributed by atoms with Gasteiger partial charge in [0.1, 0.15) is 0 Å². The summed E-state index contributed by atoms with van der Waals surface area (Å²) in [6.07, 6.45) is 9.14. The Morgan fingerprint density at radius 3 is 2.54 bits per heavy atom. The zero-order valence-corrected chi connectivity index (χ0v) is 14.6. The fourth-order valence-electron chi connectivity index (χ4n) is 2.06. The summed E-state index contributed by atoms with van der Waals surface area (Å²) < 4.78 is 0. The van der Waals surface area contributed by atoms with E-state index in [-0.39, 0.29) is 5.91 Å². The number of aromatic nitrogens is 1. The topological polar surface area (TPSA) is 42.0 Å². The van der Waals surface area contributed by atoms with Gasteiger partial charge in [-0.1, -0.05) is 24.8 Å². The number of benzene rings is 1. The first-order chi connectivity index (χ1) is 11.7. The molecule has 0 aliphatic heterocycles. The fraction of sp³-hybridized carbons (Fsp3) is 0.100. The smallest absolute Gasteiger partial charge is 0.256 e. The van der Waals surface area contributed by atoms with Crippen LogP contribution in [0.2, 0.25) is 0 Å². The van der Waals surface area contributed by atoms with Crippen LogP contribution in [0.15, 0.2) is 83.9 Å². The lowest BCUT2D eigenvalue weighted by Gasteiger charge is -2.11. The first-order valence-corrected chi connectivity index (χ1v) is 8.77. The molecule has 2 rings (SSSR count). The Hall–Kier alpha value is -2.59. The monoisotopic (exact) mass is 336 g/mol. The largest absolute Gasteiger partial charge is 0.322 e. The second-order valence-corrected chi connectivity index (χ2v) is 5.86. The number of pyridine rings is 1. The summed E-state index contributed by atoms with van der Waals surface area (Å²) in [6, 6.07) is 13.3. The van der Waals surface area contributed by atoms with Crippen molar-refractivity contribution in [2.24, 2.45) is 0 Å². The van der Waals surface area contributed by atoms with E-state index in [1.807, 2.05) is 67.8 Å². The van der Waals surface area contributed by atoms with Crippen LogP contribution in [-0.2, 0) is 4.79 Å². The van der Waals surface area contributed by atoms with Crippen LogP contribution in [-0.4, -0.2) is 17.1 Å². The predicted molar refractivity (Wildman–Crippen MR) is 103 cm³/mol. The molecule has 0 spiro atoms. The summed E-state index contributed by atoms with van der Waals surface area (Å²) in [7, 11) is 0. The van der Waals surface area contributed by atoms with Crippen molar-refractivity contribution in [2.45, 2.75) is 11.8 Å².